The van der Waals surface area contributed by atoms with Gasteiger partial charge in [0.25, 0.3) is 5.91 Å². The number of anilines is 1. The van der Waals surface area contributed by atoms with Crippen LogP contribution in [-0.2, 0) is 4.79 Å². The van der Waals surface area contributed by atoms with E-state index in [-0.39, 0.29) is 16.0 Å². The maximum Gasteiger partial charge on any atom is 0.282 e. The number of nitrogens with zero attached hydrogens (tertiary/aromatic N) is 2. The molecular weight excluding hydrogens is 254 g/mol. The Kier molecular flexibility index (Phi) is 5.02. The van der Waals surface area contributed by atoms with Crippen molar-refractivity contribution < 1.29 is 9.59 Å². The van der Waals surface area contributed by atoms with Crippen LogP contribution in [0.4, 0.5) is 5.13 Å². The van der Waals surface area contributed by atoms with E-state index < -0.39 is 11.9 Å². The summed E-state index contributed by atoms with van der Waals surface area (Å²) in [5.41, 5.74) is 5.37. The van der Waals surface area contributed by atoms with Crippen molar-refractivity contribution in [1.82, 2.24) is 20.8 Å². The maximum atomic E-state index is 11.7. The molecule has 8 heteroatoms. The van der Waals surface area contributed by atoms with E-state index in [9.17, 15) is 9.59 Å². The van der Waals surface area contributed by atoms with Gasteiger partial charge in [-0.1, -0.05) is 25.2 Å². The fraction of sp³-hybridized carbons (Fsp3) is 0.600. The van der Waals surface area contributed by atoms with Crippen LogP contribution in [0, 0.1) is 5.92 Å². The molecule has 0 aliphatic heterocycles. The molecule has 1 aromatic heterocycles. The number of carbonyl (C=O) groups excluding carboxylic acids is 2. The largest absolute Gasteiger partial charge is 0.374 e. The molecule has 0 aliphatic carbocycles. The topological polar surface area (TPSA) is 110 Å². The Morgan fingerprint density at radius 1 is 1.33 bits per heavy atom. The molecule has 18 heavy (non-hydrogen) atoms. The third kappa shape index (κ3) is 4.28. The highest BCUT2D eigenvalue weighted by Gasteiger charge is 2.18. The van der Waals surface area contributed by atoms with Gasteiger partial charge >= 0.3 is 0 Å². The predicted octanol–water partition coefficient (Wildman–Crippen LogP) is 0.0108. The molecule has 2 amide bonds. The molecule has 0 fully saturated rings. The zero-order valence-electron chi connectivity index (χ0n) is 10.6. The monoisotopic (exact) mass is 271 g/mol. The number of aromatic nitrogens is 2. The lowest BCUT2D eigenvalue weighted by Gasteiger charge is -2.14. The molecule has 0 aromatic carbocycles. The van der Waals surface area contributed by atoms with Crippen molar-refractivity contribution in [2.45, 2.75) is 26.8 Å². The van der Waals surface area contributed by atoms with Gasteiger partial charge in [0.2, 0.25) is 16.0 Å². The molecule has 7 nitrogen and oxygen atoms in total. The Bertz CT molecular complexity index is 432. The highest BCUT2D eigenvalue weighted by Crippen LogP contribution is 2.10. The first-order chi connectivity index (χ1) is 8.40. The van der Waals surface area contributed by atoms with Crippen molar-refractivity contribution in [3.8, 4) is 0 Å². The number of nitrogens with one attached hydrogen (secondary N) is 2. The van der Waals surface area contributed by atoms with E-state index in [4.69, 9.17) is 5.73 Å². The highest BCUT2D eigenvalue weighted by molar-refractivity contribution is 7.16. The van der Waals surface area contributed by atoms with Crippen LogP contribution < -0.4 is 16.4 Å². The summed E-state index contributed by atoms with van der Waals surface area (Å²) < 4.78 is 0. The number of carbonyl (C=O) groups is 2. The smallest absolute Gasteiger partial charge is 0.282 e. The van der Waals surface area contributed by atoms with E-state index in [1.54, 1.807) is 6.92 Å². The predicted molar refractivity (Wildman–Crippen MR) is 69.1 cm³/mol. The van der Waals surface area contributed by atoms with Crippen molar-refractivity contribution in [3.05, 3.63) is 5.01 Å². The van der Waals surface area contributed by atoms with Crippen LogP contribution in [0.1, 0.15) is 30.6 Å². The highest BCUT2D eigenvalue weighted by atomic mass is 32.1. The maximum absolute atomic E-state index is 11.7. The molecule has 1 heterocycles. The minimum atomic E-state index is -0.624. The zero-order chi connectivity index (χ0) is 13.7. The van der Waals surface area contributed by atoms with E-state index in [0.717, 1.165) is 11.3 Å². The summed E-state index contributed by atoms with van der Waals surface area (Å²) in [7, 11) is 0. The first kappa shape index (κ1) is 14.4. The van der Waals surface area contributed by atoms with Crippen LogP contribution in [0.15, 0.2) is 0 Å². The Morgan fingerprint density at radius 2 is 2.00 bits per heavy atom. The molecule has 0 radical (unpaired) electrons. The summed E-state index contributed by atoms with van der Waals surface area (Å²) in [4.78, 5) is 23.3. The van der Waals surface area contributed by atoms with Crippen molar-refractivity contribution in [1.29, 1.82) is 0 Å². The van der Waals surface area contributed by atoms with Crippen molar-refractivity contribution in [2.24, 2.45) is 5.92 Å². The van der Waals surface area contributed by atoms with Crippen LogP contribution >= 0.6 is 11.3 Å². The van der Waals surface area contributed by atoms with Gasteiger partial charge in [0.15, 0.2) is 0 Å². The first-order valence-electron chi connectivity index (χ1n) is 5.57. The minimum absolute atomic E-state index is 0.149. The average Bonchev–Trinajstić information content (AvgIpc) is 2.72. The van der Waals surface area contributed by atoms with Crippen LogP contribution in [-0.4, -0.2) is 34.6 Å². The van der Waals surface area contributed by atoms with Crippen LogP contribution in [0.25, 0.3) is 0 Å². The van der Waals surface area contributed by atoms with Crippen molar-refractivity contribution >= 4 is 28.3 Å². The summed E-state index contributed by atoms with van der Waals surface area (Å²) in [6.45, 7) is 6.17. The van der Waals surface area contributed by atoms with Crippen LogP contribution in [0.3, 0.4) is 0 Å². The quantitative estimate of drug-likeness (QED) is 0.699. The Labute approximate surface area is 109 Å². The average molecular weight is 271 g/mol. The lowest BCUT2D eigenvalue weighted by atomic mass is 10.2. The van der Waals surface area contributed by atoms with Gasteiger partial charge in [-0.15, -0.1) is 10.2 Å². The van der Waals surface area contributed by atoms with Gasteiger partial charge in [-0.25, -0.2) is 0 Å². The normalized spacial score (nSPS) is 12.2. The Morgan fingerprint density at radius 3 is 2.50 bits per heavy atom. The van der Waals surface area contributed by atoms with E-state index in [0.29, 0.717) is 12.5 Å². The Balaban J connectivity index is 2.46. The zero-order valence-corrected chi connectivity index (χ0v) is 11.4. The summed E-state index contributed by atoms with van der Waals surface area (Å²) in [5, 5.41) is 12.8. The number of nitrogens with two attached hydrogens (primary N) is 1. The van der Waals surface area contributed by atoms with E-state index in [2.05, 4.69) is 20.8 Å². The van der Waals surface area contributed by atoms with E-state index >= 15 is 0 Å². The van der Waals surface area contributed by atoms with Gasteiger partial charge in [0, 0.05) is 6.54 Å². The second-order valence-electron chi connectivity index (χ2n) is 4.28. The van der Waals surface area contributed by atoms with E-state index in [1.165, 1.54) is 0 Å². The molecule has 0 bridgehead atoms. The molecule has 4 N–H and O–H groups in total. The molecule has 0 saturated heterocycles. The summed E-state index contributed by atoms with van der Waals surface area (Å²) in [6.07, 6.45) is 0. The second-order valence-corrected chi connectivity index (χ2v) is 5.29. The third-order valence-corrected chi connectivity index (χ3v) is 2.81. The summed E-state index contributed by atoms with van der Waals surface area (Å²) in [6, 6.07) is -0.624. The SMILES string of the molecule is CC(C)CNC(=O)C(C)NC(=O)c1nnc(N)s1. The van der Waals surface area contributed by atoms with Crippen molar-refractivity contribution in [2.75, 3.05) is 12.3 Å². The minimum Gasteiger partial charge on any atom is -0.374 e. The van der Waals surface area contributed by atoms with Gasteiger partial charge in [-0.05, 0) is 12.8 Å². The molecule has 0 spiro atoms. The number of rotatable bonds is 5. The molecule has 1 aromatic rings. The number of amides is 2. The van der Waals surface area contributed by atoms with Gasteiger partial charge in [0.1, 0.15) is 6.04 Å². The molecule has 100 valence electrons. The molecule has 0 saturated carbocycles. The van der Waals surface area contributed by atoms with E-state index in [1.807, 2.05) is 13.8 Å². The molecule has 1 atom stereocenters. The van der Waals surface area contributed by atoms with Crippen LogP contribution in [0.5, 0.6) is 0 Å². The fourth-order valence-electron chi connectivity index (χ4n) is 1.11. The summed E-state index contributed by atoms with van der Waals surface area (Å²) >= 11 is 0.980. The third-order valence-electron chi connectivity index (χ3n) is 2.06. The molecular formula is C10H17N5O2S. The number of nitrogen functional groups attached to an aromatic ring is 1. The van der Waals surface area contributed by atoms with Gasteiger partial charge < -0.3 is 16.4 Å². The second kappa shape index (κ2) is 6.29. The molecule has 0 aliphatic rings. The summed E-state index contributed by atoms with van der Waals surface area (Å²) in [5.74, 6) is -0.314. The van der Waals surface area contributed by atoms with Gasteiger partial charge in [-0.3, -0.25) is 9.59 Å². The number of hydrogen-bond acceptors (Lipinski definition) is 6. The lowest BCUT2D eigenvalue weighted by molar-refractivity contribution is -0.122. The first-order valence-corrected chi connectivity index (χ1v) is 6.39. The standard InChI is InChI=1S/C10H17N5O2S/c1-5(2)4-12-7(16)6(3)13-8(17)9-14-15-10(11)18-9/h5-6H,4H2,1-3H3,(H2,11,15)(H,12,16)(H,13,17). The number of hydrogen-bond donors (Lipinski definition) is 3. The van der Waals surface area contributed by atoms with Crippen LogP contribution in [0.2, 0.25) is 0 Å². The fourth-order valence-corrected chi connectivity index (χ4v) is 1.62. The Hall–Kier alpha value is -1.70. The molecule has 1 rings (SSSR count). The van der Waals surface area contributed by atoms with Gasteiger partial charge in [0.05, 0.1) is 0 Å². The van der Waals surface area contributed by atoms with Gasteiger partial charge in [-0.2, -0.15) is 0 Å². The molecule has 1 unspecified atom stereocenters. The van der Waals surface area contributed by atoms with Crippen molar-refractivity contribution in [3.63, 3.8) is 0 Å². The lowest BCUT2D eigenvalue weighted by Crippen LogP contribution is -2.45.